The number of carbonyl (C=O) groups excluding carboxylic acids is 2. The molecule has 2 amide bonds. The largest absolute Gasteiger partial charge is 0.494 e. The number of anilines is 2. The highest BCUT2D eigenvalue weighted by molar-refractivity contribution is 7.88. The summed E-state index contributed by atoms with van der Waals surface area (Å²) in [6.45, 7) is 1.38. The van der Waals surface area contributed by atoms with E-state index in [0.717, 1.165) is 6.42 Å². The Balaban J connectivity index is 1.65. The smallest absolute Gasteiger partial charge is 0.227 e. The molecule has 2 aliphatic rings. The van der Waals surface area contributed by atoms with E-state index in [0.29, 0.717) is 56.0 Å². The Kier molecular flexibility index (Phi) is 5.71. The van der Waals surface area contributed by atoms with Gasteiger partial charge in [0.2, 0.25) is 21.8 Å². The third-order valence-corrected chi connectivity index (χ3v) is 6.41. The molecule has 2 heterocycles. The van der Waals surface area contributed by atoms with Crippen molar-refractivity contribution in [2.45, 2.75) is 25.7 Å². The van der Waals surface area contributed by atoms with Crippen LogP contribution < -0.4 is 15.0 Å². The molecule has 2 aliphatic heterocycles. The van der Waals surface area contributed by atoms with E-state index in [4.69, 9.17) is 4.74 Å². The average molecular weight is 395 g/mol. The van der Waals surface area contributed by atoms with E-state index in [1.165, 1.54) is 17.7 Å². The maximum Gasteiger partial charge on any atom is 0.227 e. The molecule has 0 aromatic heterocycles. The van der Waals surface area contributed by atoms with E-state index in [-0.39, 0.29) is 17.7 Å². The third-order valence-electron chi connectivity index (χ3n) is 5.11. The second-order valence-electron chi connectivity index (χ2n) is 6.96. The van der Waals surface area contributed by atoms with Crippen LogP contribution in [0.15, 0.2) is 18.2 Å². The maximum absolute atomic E-state index is 12.5. The lowest BCUT2D eigenvalue weighted by atomic mass is 9.97. The zero-order valence-electron chi connectivity index (χ0n) is 15.6. The molecule has 9 heteroatoms. The van der Waals surface area contributed by atoms with Crippen molar-refractivity contribution in [3.63, 3.8) is 0 Å². The van der Waals surface area contributed by atoms with E-state index in [9.17, 15) is 18.0 Å². The average Bonchev–Trinajstić information content (AvgIpc) is 3.06. The van der Waals surface area contributed by atoms with Crippen LogP contribution in [0.1, 0.15) is 25.7 Å². The van der Waals surface area contributed by atoms with Gasteiger partial charge in [-0.25, -0.2) is 12.7 Å². The number of ether oxygens (including phenoxy) is 1. The first-order valence-electron chi connectivity index (χ1n) is 9.04. The van der Waals surface area contributed by atoms with Crippen LogP contribution >= 0.6 is 0 Å². The normalized spacial score (nSPS) is 19.3. The monoisotopic (exact) mass is 395 g/mol. The third kappa shape index (κ3) is 4.41. The van der Waals surface area contributed by atoms with Crippen molar-refractivity contribution in [2.24, 2.45) is 5.92 Å². The van der Waals surface area contributed by atoms with Crippen molar-refractivity contribution in [1.82, 2.24) is 4.31 Å². The number of carbonyl (C=O) groups is 2. The van der Waals surface area contributed by atoms with Gasteiger partial charge in [0.15, 0.2) is 0 Å². The van der Waals surface area contributed by atoms with Crippen LogP contribution in [0.2, 0.25) is 0 Å². The van der Waals surface area contributed by atoms with Gasteiger partial charge in [0.05, 0.1) is 19.1 Å². The fraction of sp³-hybridized carbons (Fsp3) is 0.556. The molecule has 27 heavy (non-hydrogen) atoms. The highest BCUT2D eigenvalue weighted by Gasteiger charge is 2.29. The second kappa shape index (κ2) is 7.85. The van der Waals surface area contributed by atoms with Gasteiger partial charge in [-0.15, -0.1) is 0 Å². The number of nitrogens with one attached hydrogen (secondary N) is 1. The lowest BCUT2D eigenvalue weighted by molar-refractivity contribution is -0.121. The number of hydrogen-bond acceptors (Lipinski definition) is 5. The predicted molar refractivity (Wildman–Crippen MR) is 102 cm³/mol. The molecule has 1 aromatic rings. The van der Waals surface area contributed by atoms with Crippen molar-refractivity contribution >= 4 is 33.2 Å². The zero-order valence-corrected chi connectivity index (χ0v) is 16.4. The molecule has 0 spiro atoms. The molecular weight excluding hydrogens is 370 g/mol. The molecule has 0 saturated carbocycles. The maximum atomic E-state index is 12.5. The zero-order chi connectivity index (χ0) is 19.6. The minimum Gasteiger partial charge on any atom is -0.494 e. The number of nitrogens with zero attached hydrogens (tertiary/aromatic N) is 2. The number of rotatable bonds is 5. The van der Waals surface area contributed by atoms with Crippen molar-refractivity contribution in [3.05, 3.63) is 18.2 Å². The molecule has 148 valence electrons. The standard InChI is InChI=1S/C18H25N3O5S/c1-26-16-12-14(5-6-15(16)21-9-3-4-17(21)22)19-18(23)13-7-10-20(11-8-13)27(2,24)25/h5-6,12-13H,3-4,7-11H2,1-2H3,(H,19,23). The van der Waals surface area contributed by atoms with E-state index in [2.05, 4.69) is 5.32 Å². The molecule has 8 nitrogen and oxygen atoms in total. The van der Waals surface area contributed by atoms with E-state index in [1.54, 1.807) is 23.1 Å². The fourth-order valence-electron chi connectivity index (χ4n) is 3.58. The van der Waals surface area contributed by atoms with E-state index in [1.807, 2.05) is 0 Å². The molecule has 0 unspecified atom stereocenters. The van der Waals surface area contributed by atoms with Crippen LogP contribution in [0.4, 0.5) is 11.4 Å². The van der Waals surface area contributed by atoms with Gasteiger partial charge in [-0.3, -0.25) is 9.59 Å². The predicted octanol–water partition coefficient (Wildman–Crippen LogP) is 1.43. The Bertz CT molecular complexity index is 831. The van der Waals surface area contributed by atoms with Crippen LogP contribution in [0.25, 0.3) is 0 Å². The van der Waals surface area contributed by atoms with Crippen molar-refractivity contribution in [3.8, 4) is 5.75 Å². The number of piperidine rings is 1. The van der Waals surface area contributed by atoms with Crippen molar-refractivity contribution in [2.75, 3.05) is 43.2 Å². The second-order valence-corrected chi connectivity index (χ2v) is 8.94. The topological polar surface area (TPSA) is 96.0 Å². The van der Waals surface area contributed by atoms with Crippen molar-refractivity contribution in [1.29, 1.82) is 0 Å². The Hall–Kier alpha value is -2.13. The molecule has 1 aromatic carbocycles. The van der Waals surface area contributed by atoms with Gasteiger partial charge < -0.3 is 15.0 Å². The molecular formula is C18H25N3O5S. The first kappa shape index (κ1) is 19.6. The fourth-order valence-corrected chi connectivity index (χ4v) is 4.45. The summed E-state index contributed by atoms with van der Waals surface area (Å²) in [4.78, 5) is 26.2. The Morgan fingerprint density at radius 2 is 1.93 bits per heavy atom. The minimum absolute atomic E-state index is 0.0720. The lowest BCUT2D eigenvalue weighted by Gasteiger charge is -2.29. The van der Waals surface area contributed by atoms with E-state index < -0.39 is 10.0 Å². The Labute approximate surface area is 159 Å². The number of hydrogen-bond donors (Lipinski definition) is 1. The summed E-state index contributed by atoms with van der Waals surface area (Å²) in [7, 11) is -1.67. The van der Waals surface area contributed by atoms with Gasteiger partial charge in [0.1, 0.15) is 5.75 Å². The minimum atomic E-state index is -3.21. The molecule has 0 aliphatic carbocycles. The van der Waals surface area contributed by atoms with Crippen molar-refractivity contribution < 1.29 is 22.7 Å². The highest BCUT2D eigenvalue weighted by atomic mass is 32.2. The molecule has 2 fully saturated rings. The number of methoxy groups -OCH3 is 1. The van der Waals surface area contributed by atoms with Crippen LogP contribution in [-0.4, -0.2) is 57.5 Å². The number of benzene rings is 1. The summed E-state index contributed by atoms with van der Waals surface area (Å²) < 4.78 is 30.0. The Morgan fingerprint density at radius 3 is 2.48 bits per heavy atom. The van der Waals surface area contributed by atoms with Gasteiger partial charge >= 0.3 is 0 Å². The number of sulfonamides is 1. The SMILES string of the molecule is COc1cc(NC(=O)C2CCN(S(C)(=O)=O)CC2)ccc1N1CCCC1=O. The Morgan fingerprint density at radius 1 is 1.22 bits per heavy atom. The summed E-state index contributed by atoms with van der Waals surface area (Å²) in [5.74, 6) is 0.252. The summed E-state index contributed by atoms with van der Waals surface area (Å²) in [5.41, 5.74) is 1.30. The van der Waals surface area contributed by atoms with Gasteiger partial charge in [-0.1, -0.05) is 0 Å². The van der Waals surface area contributed by atoms with Crippen LogP contribution in [0.5, 0.6) is 5.75 Å². The number of amides is 2. The van der Waals surface area contributed by atoms with Gasteiger partial charge in [0.25, 0.3) is 0 Å². The highest BCUT2D eigenvalue weighted by Crippen LogP contribution is 2.34. The molecule has 0 atom stereocenters. The quantitative estimate of drug-likeness (QED) is 0.814. The van der Waals surface area contributed by atoms with E-state index >= 15 is 0 Å². The van der Waals surface area contributed by atoms with Crippen LogP contribution in [-0.2, 0) is 19.6 Å². The molecule has 1 N–H and O–H groups in total. The summed E-state index contributed by atoms with van der Waals surface area (Å²) in [6, 6.07) is 5.25. The van der Waals surface area contributed by atoms with Gasteiger partial charge in [-0.05, 0) is 31.4 Å². The summed E-state index contributed by atoms with van der Waals surface area (Å²) in [6.07, 6.45) is 3.54. The molecule has 3 rings (SSSR count). The lowest BCUT2D eigenvalue weighted by Crippen LogP contribution is -2.40. The van der Waals surface area contributed by atoms with Crippen LogP contribution in [0.3, 0.4) is 0 Å². The summed E-state index contributed by atoms with van der Waals surface area (Å²) in [5, 5.41) is 2.88. The van der Waals surface area contributed by atoms with Gasteiger partial charge in [-0.2, -0.15) is 0 Å². The molecule has 0 radical (unpaired) electrons. The van der Waals surface area contributed by atoms with Gasteiger partial charge in [0, 0.05) is 43.7 Å². The molecule has 2 saturated heterocycles. The first-order chi connectivity index (χ1) is 12.8. The summed E-state index contributed by atoms with van der Waals surface area (Å²) >= 11 is 0. The molecule has 0 bridgehead atoms. The van der Waals surface area contributed by atoms with Crippen LogP contribution in [0, 0.1) is 5.92 Å². The first-order valence-corrected chi connectivity index (χ1v) is 10.9.